The molecule has 1 atom stereocenters. The molecule has 1 saturated heterocycles. The van der Waals surface area contributed by atoms with E-state index in [2.05, 4.69) is 10.2 Å². The summed E-state index contributed by atoms with van der Waals surface area (Å²) < 4.78 is 0. The Hall–Kier alpha value is -1.79. The molecule has 2 rings (SSSR count). The molecule has 114 valence electrons. The first-order valence-electron chi connectivity index (χ1n) is 6.63. The van der Waals surface area contributed by atoms with E-state index in [0.29, 0.717) is 24.8 Å². The van der Waals surface area contributed by atoms with Crippen LogP contribution in [0.5, 0.6) is 0 Å². The quantitative estimate of drug-likeness (QED) is 0.897. The molecule has 1 fully saturated rings. The summed E-state index contributed by atoms with van der Waals surface area (Å²) in [5, 5.41) is 11.9. The molecule has 7 heteroatoms. The van der Waals surface area contributed by atoms with Crippen LogP contribution in [0.2, 0.25) is 5.02 Å². The minimum atomic E-state index is -1.12. The van der Waals surface area contributed by atoms with Crippen LogP contribution in [0.1, 0.15) is 16.8 Å². The van der Waals surface area contributed by atoms with Crippen molar-refractivity contribution < 1.29 is 14.7 Å². The molecule has 0 radical (unpaired) electrons. The van der Waals surface area contributed by atoms with Crippen LogP contribution in [-0.4, -0.2) is 60.1 Å². The fraction of sp³-hybridized carbons (Fsp3) is 0.429. The summed E-state index contributed by atoms with van der Waals surface area (Å²) in [6.45, 7) is 1.35. The number of anilines is 1. The number of carboxylic acid groups (broad SMARTS) is 1. The Kier molecular flexibility index (Phi) is 4.69. The Bertz CT molecular complexity index is 562. The van der Waals surface area contributed by atoms with Crippen molar-refractivity contribution in [3.63, 3.8) is 0 Å². The first-order valence-corrected chi connectivity index (χ1v) is 7.01. The van der Waals surface area contributed by atoms with Gasteiger partial charge in [-0.15, -0.1) is 0 Å². The van der Waals surface area contributed by atoms with E-state index in [1.807, 2.05) is 14.1 Å². The third-order valence-corrected chi connectivity index (χ3v) is 3.96. The van der Waals surface area contributed by atoms with Crippen LogP contribution in [0.15, 0.2) is 18.2 Å². The molecule has 0 aromatic heterocycles. The molecule has 0 spiro atoms. The number of likely N-dealkylation sites (N-methyl/N-ethyl adjacent to an activating group) is 1. The Morgan fingerprint density at radius 1 is 1.43 bits per heavy atom. The lowest BCUT2D eigenvalue weighted by Gasteiger charge is -2.20. The van der Waals surface area contributed by atoms with Crippen molar-refractivity contribution in [1.82, 2.24) is 9.80 Å². The number of hydrogen-bond donors (Lipinski definition) is 2. The average Bonchev–Trinajstić information content (AvgIpc) is 2.90. The molecule has 0 bridgehead atoms. The third kappa shape index (κ3) is 3.65. The molecule has 2 N–H and O–H groups in total. The van der Waals surface area contributed by atoms with Gasteiger partial charge in [-0.3, -0.25) is 0 Å². The number of urea groups is 1. The minimum Gasteiger partial charge on any atom is -0.478 e. The maximum absolute atomic E-state index is 12.2. The summed E-state index contributed by atoms with van der Waals surface area (Å²) in [7, 11) is 3.98. The second-order valence-corrected chi connectivity index (χ2v) is 5.69. The second-order valence-electron chi connectivity index (χ2n) is 5.28. The topological polar surface area (TPSA) is 72.9 Å². The Balaban J connectivity index is 2.04. The number of amides is 2. The zero-order chi connectivity index (χ0) is 15.6. The predicted octanol–water partition coefficient (Wildman–Crippen LogP) is 2.21. The molecular weight excluding hydrogens is 294 g/mol. The lowest BCUT2D eigenvalue weighted by atomic mass is 10.2. The summed E-state index contributed by atoms with van der Waals surface area (Å²) in [6.07, 6.45) is 0.932. The van der Waals surface area contributed by atoms with E-state index in [0.717, 1.165) is 6.42 Å². The SMILES string of the molecule is CN(C)C1CCN(C(=O)Nc2ccc(Cl)c(C(=O)O)c2)C1. The Labute approximate surface area is 128 Å². The Morgan fingerprint density at radius 2 is 2.14 bits per heavy atom. The van der Waals surface area contributed by atoms with Gasteiger partial charge in [0.05, 0.1) is 10.6 Å². The molecule has 0 saturated carbocycles. The number of nitrogens with zero attached hydrogens (tertiary/aromatic N) is 2. The maximum Gasteiger partial charge on any atom is 0.337 e. The number of halogens is 1. The van der Waals surface area contributed by atoms with E-state index in [-0.39, 0.29) is 16.6 Å². The van der Waals surface area contributed by atoms with Gasteiger partial charge in [0.25, 0.3) is 0 Å². The van der Waals surface area contributed by atoms with Gasteiger partial charge < -0.3 is 20.2 Å². The number of benzene rings is 1. The molecule has 1 heterocycles. The number of carboxylic acids is 1. The highest BCUT2D eigenvalue weighted by molar-refractivity contribution is 6.33. The summed E-state index contributed by atoms with van der Waals surface area (Å²) in [5.74, 6) is -1.12. The van der Waals surface area contributed by atoms with Crippen molar-refractivity contribution in [2.75, 3.05) is 32.5 Å². The molecule has 6 nitrogen and oxygen atoms in total. The number of likely N-dealkylation sites (tertiary alicyclic amines) is 1. The molecule has 21 heavy (non-hydrogen) atoms. The fourth-order valence-electron chi connectivity index (χ4n) is 2.32. The van der Waals surface area contributed by atoms with Crippen molar-refractivity contribution in [2.24, 2.45) is 0 Å². The highest BCUT2D eigenvalue weighted by Gasteiger charge is 2.27. The van der Waals surface area contributed by atoms with Crippen LogP contribution in [0, 0.1) is 0 Å². The van der Waals surface area contributed by atoms with Gasteiger partial charge in [-0.25, -0.2) is 9.59 Å². The minimum absolute atomic E-state index is 0.0259. The summed E-state index contributed by atoms with van der Waals surface area (Å²) >= 11 is 5.80. The third-order valence-electron chi connectivity index (χ3n) is 3.63. The van der Waals surface area contributed by atoms with Crippen molar-refractivity contribution in [3.8, 4) is 0 Å². The van der Waals surface area contributed by atoms with Crippen molar-refractivity contribution in [1.29, 1.82) is 0 Å². The number of rotatable bonds is 3. The van der Waals surface area contributed by atoms with Gasteiger partial charge in [-0.1, -0.05) is 11.6 Å². The van der Waals surface area contributed by atoms with Gasteiger partial charge in [0.2, 0.25) is 0 Å². The zero-order valence-electron chi connectivity index (χ0n) is 12.0. The highest BCUT2D eigenvalue weighted by atomic mass is 35.5. The predicted molar refractivity (Wildman–Crippen MR) is 81.1 cm³/mol. The standard InChI is InChI=1S/C14H18ClN3O3/c1-17(2)10-5-6-18(8-10)14(21)16-9-3-4-12(15)11(7-9)13(19)20/h3-4,7,10H,5-6,8H2,1-2H3,(H,16,21)(H,19,20). The van der Waals surface area contributed by atoms with Gasteiger partial charge in [0.15, 0.2) is 0 Å². The highest BCUT2D eigenvalue weighted by Crippen LogP contribution is 2.21. The van der Waals surface area contributed by atoms with E-state index in [1.54, 1.807) is 11.0 Å². The molecule has 1 aliphatic rings. The summed E-state index contributed by atoms with van der Waals surface area (Å²) in [5.41, 5.74) is 0.400. The van der Waals surface area contributed by atoms with Gasteiger partial charge in [-0.05, 0) is 38.7 Å². The van der Waals surface area contributed by atoms with Crippen LogP contribution in [0.3, 0.4) is 0 Å². The number of nitrogens with one attached hydrogen (secondary N) is 1. The second kappa shape index (κ2) is 6.32. The van der Waals surface area contributed by atoms with Gasteiger partial charge in [0, 0.05) is 24.8 Å². The van der Waals surface area contributed by atoms with Crippen molar-refractivity contribution in [2.45, 2.75) is 12.5 Å². The van der Waals surface area contributed by atoms with Crippen molar-refractivity contribution in [3.05, 3.63) is 28.8 Å². The first kappa shape index (κ1) is 15.6. The van der Waals surface area contributed by atoms with Crippen LogP contribution in [-0.2, 0) is 0 Å². The molecule has 1 unspecified atom stereocenters. The number of carbonyl (C=O) groups is 2. The zero-order valence-corrected chi connectivity index (χ0v) is 12.7. The van der Waals surface area contributed by atoms with Crippen LogP contribution >= 0.6 is 11.6 Å². The number of hydrogen-bond acceptors (Lipinski definition) is 3. The molecule has 1 aromatic rings. The number of carbonyl (C=O) groups excluding carboxylic acids is 1. The maximum atomic E-state index is 12.2. The lowest BCUT2D eigenvalue weighted by Crippen LogP contribution is -2.36. The smallest absolute Gasteiger partial charge is 0.337 e. The van der Waals surface area contributed by atoms with Gasteiger partial charge in [-0.2, -0.15) is 0 Å². The molecule has 0 aliphatic carbocycles. The average molecular weight is 312 g/mol. The van der Waals surface area contributed by atoms with Gasteiger partial charge in [0.1, 0.15) is 0 Å². The Morgan fingerprint density at radius 3 is 2.71 bits per heavy atom. The normalized spacial score (nSPS) is 18.1. The van der Waals surface area contributed by atoms with E-state index < -0.39 is 5.97 Å². The van der Waals surface area contributed by atoms with Gasteiger partial charge >= 0.3 is 12.0 Å². The monoisotopic (exact) mass is 311 g/mol. The van der Waals surface area contributed by atoms with Crippen LogP contribution in [0.4, 0.5) is 10.5 Å². The molecular formula is C14H18ClN3O3. The van der Waals surface area contributed by atoms with E-state index >= 15 is 0 Å². The van der Waals surface area contributed by atoms with E-state index in [1.165, 1.54) is 12.1 Å². The summed E-state index contributed by atoms with van der Waals surface area (Å²) in [6, 6.07) is 4.55. The van der Waals surface area contributed by atoms with Crippen LogP contribution in [0.25, 0.3) is 0 Å². The van der Waals surface area contributed by atoms with E-state index in [9.17, 15) is 9.59 Å². The van der Waals surface area contributed by atoms with Crippen molar-refractivity contribution >= 4 is 29.3 Å². The molecule has 1 aromatic carbocycles. The fourth-order valence-corrected chi connectivity index (χ4v) is 2.52. The number of aromatic carboxylic acids is 1. The lowest BCUT2D eigenvalue weighted by molar-refractivity contribution is 0.0697. The molecule has 2 amide bonds. The van der Waals surface area contributed by atoms with Crippen LogP contribution < -0.4 is 5.32 Å². The first-order chi connectivity index (χ1) is 9.88. The summed E-state index contributed by atoms with van der Waals surface area (Å²) in [4.78, 5) is 27.0. The van der Waals surface area contributed by atoms with E-state index in [4.69, 9.17) is 16.7 Å². The largest absolute Gasteiger partial charge is 0.478 e. The molecule has 1 aliphatic heterocycles.